The second-order valence-corrected chi connectivity index (χ2v) is 7.47. The van der Waals surface area contributed by atoms with E-state index in [4.69, 9.17) is 21.1 Å². The molecule has 1 aliphatic rings. The maximum atomic E-state index is 12.0. The van der Waals surface area contributed by atoms with E-state index in [1.54, 1.807) is 11.8 Å². The van der Waals surface area contributed by atoms with Crippen LogP contribution >= 0.6 is 27.5 Å². The molecule has 0 unspecified atom stereocenters. The minimum atomic E-state index is -0.283. The molecule has 0 radical (unpaired) electrons. The van der Waals surface area contributed by atoms with Crippen LogP contribution in [0.3, 0.4) is 0 Å². The van der Waals surface area contributed by atoms with E-state index < -0.39 is 0 Å². The lowest BCUT2D eigenvalue weighted by Gasteiger charge is -2.25. The Bertz CT molecular complexity index is 1040. The molecule has 1 aliphatic heterocycles. The number of amides is 1. The van der Waals surface area contributed by atoms with E-state index in [1.165, 1.54) is 6.33 Å². The molecule has 0 saturated carbocycles. The van der Waals surface area contributed by atoms with Crippen LogP contribution in [0, 0.1) is 0 Å². The van der Waals surface area contributed by atoms with Gasteiger partial charge in [0.1, 0.15) is 12.9 Å². The van der Waals surface area contributed by atoms with Crippen molar-refractivity contribution < 1.29 is 14.3 Å². The Balaban J connectivity index is 1.65. The SMILES string of the molecule is COc1cc([C@H]2CC(=O)Nc3ncnn32)cc(Br)c1OCc1ccccc1Cl. The van der Waals surface area contributed by atoms with Gasteiger partial charge < -0.3 is 9.47 Å². The second-order valence-electron chi connectivity index (χ2n) is 6.21. The van der Waals surface area contributed by atoms with Crippen LogP contribution in [0.5, 0.6) is 11.5 Å². The largest absolute Gasteiger partial charge is 0.493 e. The van der Waals surface area contributed by atoms with Gasteiger partial charge in [-0.15, -0.1) is 0 Å². The summed E-state index contributed by atoms with van der Waals surface area (Å²) in [5.41, 5.74) is 1.73. The average Bonchev–Trinajstić information content (AvgIpc) is 3.15. The highest BCUT2D eigenvalue weighted by Gasteiger charge is 2.29. The predicted octanol–water partition coefficient (Wildman–Crippen LogP) is 4.21. The lowest BCUT2D eigenvalue weighted by molar-refractivity contribution is -0.117. The molecule has 0 saturated heterocycles. The third kappa shape index (κ3) is 3.57. The third-order valence-corrected chi connectivity index (χ3v) is 5.42. The zero-order chi connectivity index (χ0) is 19.7. The van der Waals surface area contributed by atoms with Crippen LogP contribution in [0.2, 0.25) is 5.02 Å². The van der Waals surface area contributed by atoms with Gasteiger partial charge in [-0.05, 0) is 39.7 Å². The zero-order valence-electron chi connectivity index (χ0n) is 14.9. The molecular weight excluding hydrogens is 448 g/mol. The molecule has 144 valence electrons. The van der Waals surface area contributed by atoms with E-state index in [0.717, 1.165) is 11.1 Å². The first-order valence-electron chi connectivity index (χ1n) is 8.50. The Morgan fingerprint density at radius 1 is 1.36 bits per heavy atom. The maximum absolute atomic E-state index is 12.0. The van der Waals surface area contributed by atoms with Gasteiger partial charge in [0.05, 0.1) is 24.0 Å². The molecule has 2 heterocycles. The summed E-state index contributed by atoms with van der Waals surface area (Å²) in [4.78, 5) is 16.1. The minimum Gasteiger partial charge on any atom is -0.493 e. The Labute approximate surface area is 174 Å². The van der Waals surface area contributed by atoms with E-state index in [0.29, 0.717) is 33.5 Å². The van der Waals surface area contributed by atoms with Gasteiger partial charge >= 0.3 is 0 Å². The molecule has 9 heteroatoms. The summed E-state index contributed by atoms with van der Waals surface area (Å²) in [6.07, 6.45) is 1.67. The van der Waals surface area contributed by atoms with E-state index in [1.807, 2.05) is 36.4 Å². The smallest absolute Gasteiger partial charge is 0.229 e. The number of benzene rings is 2. The lowest BCUT2D eigenvalue weighted by atomic mass is 10.0. The van der Waals surface area contributed by atoms with Crippen LogP contribution < -0.4 is 14.8 Å². The molecule has 3 aromatic rings. The van der Waals surface area contributed by atoms with Crippen molar-refractivity contribution in [2.45, 2.75) is 19.1 Å². The second kappa shape index (κ2) is 7.81. The number of hydrogen-bond acceptors (Lipinski definition) is 5. The van der Waals surface area contributed by atoms with Crippen molar-refractivity contribution in [3.63, 3.8) is 0 Å². The number of carbonyl (C=O) groups is 1. The van der Waals surface area contributed by atoms with Gasteiger partial charge in [0.2, 0.25) is 11.9 Å². The normalized spacial score (nSPS) is 15.7. The summed E-state index contributed by atoms with van der Waals surface area (Å²) < 4.78 is 13.9. The number of nitrogens with zero attached hydrogens (tertiary/aromatic N) is 3. The van der Waals surface area contributed by atoms with E-state index in [-0.39, 0.29) is 18.4 Å². The van der Waals surface area contributed by atoms with Crippen molar-refractivity contribution in [2.24, 2.45) is 0 Å². The van der Waals surface area contributed by atoms with Crippen LogP contribution in [0.25, 0.3) is 0 Å². The molecule has 7 nitrogen and oxygen atoms in total. The van der Waals surface area contributed by atoms with Crippen molar-refractivity contribution in [1.29, 1.82) is 0 Å². The molecule has 0 spiro atoms. The Hall–Kier alpha value is -2.58. The topological polar surface area (TPSA) is 78.3 Å². The summed E-state index contributed by atoms with van der Waals surface area (Å²) >= 11 is 9.76. The van der Waals surface area contributed by atoms with E-state index in [9.17, 15) is 4.79 Å². The molecule has 1 atom stereocenters. The van der Waals surface area contributed by atoms with Gasteiger partial charge in [0.25, 0.3) is 0 Å². The highest BCUT2D eigenvalue weighted by molar-refractivity contribution is 9.10. The number of methoxy groups -OCH3 is 1. The van der Waals surface area contributed by atoms with Crippen LogP contribution in [-0.2, 0) is 11.4 Å². The first kappa shape index (κ1) is 18.8. The summed E-state index contributed by atoms with van der Waals surface area (Å²) in [5.74, 6) is 1.42. The summed E-state index contributed by atoms with van der Waals surface area (Å²) in [6, 6.07) is 11.0. The summed E-state index contributed by atoms with van der Waals surface area (Å²) in [6.45, 7) is 0.299. The molecular formula is C19H16BrClN4O3. The van der Waals surface area contributed by atoms with Crippen molar-refractivity contribution in [2.75, 3.05) is 12.4 Å². The Morgan fingerprint density at radius 2 is 2.18 bits per heavy atom. The van der Waals surface area contributed by atoms with Gasteiger partial charge in [-0.3, -0.25) is 10.1 Å². The molecule has 28 heavy (non-hydrogen) atoms. The van der Waals surface area contributed by atoms with Crippen molar-refractivity contribution in [3.8, 4) is 11.5 Å². The predicted molar refractivity (Wildman–Crippen MR) is 108 cm³/mol. The van der Waals surface area contributed by atoms with Gasteiger partial charge in [0, 0.05) is 10.6 Å². The minimum absolute atomic E-state index is 0.111. The van der Waals surface area contributed by atoms with Gasteiger partial charge in [0.15, 0.2) is 11.5 Å². The summed E-state index contributed by atoms with van der Waals surface area (Å²) in [7, 11) is 1.57. The first-order valence-corrected chi connectivity index (χ1v) is 9.67. The number of carbonyl (C=O) groups excluding carboxylic acids is 1. The Kier molecular flexibility index (Phi) is 5.23. The number of hydrogen-bond donors (Lipinski definition) is 1. The highest BCUT2D eigenvalue weighted by atomic mass is 79.9. The first-order chi connectivity index (χ1) is 13.6. The van der Waals surface area contributed by atoms with Gasteiger partial charge in [-0.1, -0.05) is 29.8 Å². The monoisotopic (exact) mass is 462 g/mol. The van der Waals surface area contributed by atoms with Crippen molar-refractivity contribution in [3.05, 3.63) is 63.3 Å². The summed E-state index contributed by atoms with van der Waals surface area (Å²) in [5, 5.41) is 7.58. The number of nitrogens with one attached hydrogen (secondary N) is 1. The molecule has 1 amide bonds. The molecule has 4 rings (SSSR count). The fraction of sp³-hybridized carbons (Fsp3) is 0.211. The standard InChI is InChI=1S/C19H16BrClN4O3/c1-27-16-7-12(15-8-17(26)24-19-22-10-23-25(15)19)6-13(20)18(16)28-9-11-4-2-3-5-14(11)21/h2-7,10,15H,8-9H2,1H3,(H,22,23,24,26)/t15-/m1/s1. The Morgan fingerprint density at radius 3 is 2.96 bits per heavy atom. The van der Waals surface area contributed by atoms with Crippen LogP contribution in [-0.4, -0.2) is 27.8 Å². The van der Waals surface area contributed by atoms with E-state index in [2.05, 4.69) is 31.3 Å². The molecule has 0 bridgehead atoms. The quantitative estimate of drug-likeness (QED) is 0.613. The number of aromatic nitrogens is 3. The maximum Gasteiger partial charge on any atom is 0.229 e. The fourth-order valence-electron chi connectivity index (χ4n) is 3.10. The van der Waals surface area contributed by atoms with Crippen LogP contribution in [0.1, 0.15) is 23.6 Å². The van der Waals surface area contributed by atoms with Gasteiger partial charge in [-0.25, -0.2) is 4.68 Å². The molecule has 0 aliphatic carbocycles. The van der Waals surface area contributed by atoms with Crippen molar-refractivity contribution >= 4 is 39.4 Å². The molecule has 1 N–H and O–H groups in total. The lowest BCUT2D eigenvalue weighted by Crippen LogP contribution is -2.29. The highest BCUT2D eigenvalue weighted by Crippen LogP contribution is 2.41. The zero-order valence-corrected chi connectivity index (χ0v) is 17.2. The number of fused-ring (bicyclic) bond motifs is 1. The van der Waals surface area contributed by atoms with Crippen molar-refractivity contribution in [1.82, 2.24) is 14.8 Å². The third-order valence-electron chi connectivity index (χ3n) is 4.46. The fourth-order valence-corrected chi connectivity index (χ4v) is 3.87. The molecule has 0 fully saturated rings. The molecule has 1 aromatic heterocycles. The average molecular weight is 464 g/mol. The number of anilines is 1. The molecule has 2 aromatic carbocycles. The van der Waals surface area contributed by atoms with Crippen LogP contribution in [0.15, 0.2) is 47.2 Å². The number of rotatable bonds is 5. The van der Waals surface area contributed by atoms with Crippen LogP contribution in [0.4, 0.5) is 5.95 Å². The number of halogens is 2. The van der Waals surface area contributed by atoms with E-state index >= 15 is 0 Å². The number of ether oxygens (including phenoxy) is 2. The van der Waals surface area contributed by atoms with Gasteiger partial charge in [-0.2, -0.15) is 10.1 Å².